The fraction of sp³-hybridized carbons (Fsp3) is 0.357. The molecule has 1 saturated heterocycles. The molecule has 2 heterocycles. The number of carbonyl (C=O) groups is 1. The summed E-state index contributed by atoms with van der Waals surface area (Å²) in [4.78, 5) is 22.5. The van der Waals surface area contributed by atoms with Gasteiger partial charge in [0.1, 0.15) is 5.75 Å². The molecule has 1 aromatic heterocycles. The number of amides is 1. The molecule has 5 nitrogen and oxygen atoms in total. The molecule has 0 spiro atoms. The first kappa shape index (κ1) is 23.0. The van der Waals surface area contributed by atoms with Gasteiger partial charge in [0.25, 0.3) is 0 Å². The highest BCUT2D eigenvalue weighted by Gasteiger charge is 2.31. The van der Waals surface area contributed by atoms with Gasteiger partial charge >= 0.3 is 0 Å². The summed E-state index contributed by atoms with van der Waals surface area (Å²) in [6.07, 6.45) is 3.51. The zero-order valence-corrected chi connectivity index (χ0v) is 19.6. The Kier molecular flexibility index (Phi) is 7.74. The highest BCUT2D eigenvalue weighted by atomic mass is 16.5. The normalized spacial score (nSPS) is 17.1. The minimum absolute atomic E-state index is 0.0985. The molecule has 0 N–H and O–H groups in total. The van der Waals surface area contributed by atoms with Crippen molar-refractivity contribution in [3.63, 3.8) is 0 Å². The molecule has 0 aliphatic carbocycles. The number of aromatic nitrogens is 1. The summed E-state index contributed by atoms with van der Waals surface area (Å²) < 4.78 is 5.63. The summed E-state index contributed by atoms with van der Waals surface area (Å²) in [5, 5.41) is 0. The topological polar surface area (TPSA) is 45.7 Å². The van der Waals surface area contributed by atoms with Crippen molar-refractivity contribution in [2.24, 2.45) is 5.92 Å². The second-order valence-corrected chi connectivity index (χ2v) is 8.64. The van der Waals surface area contributed by atoms with Gasteiger partial charge in [0.15, 0.2) is 0 Å². The lowest BCUT2D eigenvalue weighted by Crippen LogP contribution is -2.37. The van der Waals surface area contributed by atoms with Gasteiger partial charge in [0.05, 0.1) is 18.7 Å². The van der Waals surface area contributed by atoms with E-state index in [0.717, 1.165) is 61.7 Å². The third kappa shape index (κ3) is 5.60. The van der Waals surface area contributed by atoms with Crippen LogP contribution in [0.4, 0.5) is 0 Å². The van der Waals surface area contributed by atoms with Gasteiger partial charge in [-0.1, -0.05) is 55.5 Å². The molecule has 1 atom stereocenters. The largest absolute Gasteiger partial charge is 0.496 e. The molecular weight excluding hydrogens is 410 g/mol. The molecule has 0 radical (unpaired) electrons. The standard InChI is InChI=1S/C28H33N3O2/c1-3-16-31-18-17-30(21-24-11-8-9-15-29-24)20-23(28(31)32)19-22-10-4-5-12-25(22)26-13-6-7-14-27(26)33-2/h4-15,23H,3,16-21H2,1-2H3/t23-/m1/s1. The zero-order valence-electron chi connectivity index (χ0n) is 19.6. The lowest BCUT2D eigenvalue weighted by atomic mass is 9.91. The van der Waals surface area contributed by atoms with Crippen molar-refractivity contribution in [1.82, 2.24) is 14.8 Å². The van der Waals surface area contributed by atoms with Crippen molar-refractivity contribution >= 4 is 5.91 Å². The number of pyridine rings is 1. The third-order valence-corrected chi connectivity index (χ3v) is 6.31. The average molecular weight is 444 g/mol. The lowest BCUT2D eigenvalue weighted by molar-refractivity contribution is -0.134. The van der Waals surface area contributed by atoms with Crippen LogP contribution in [0.2, 0.25) is 0 Å². The maximum Gasteiger partial charge on any atom is 0.227 e. The minimum Gasteiger partial charge on any atom is -0.496 e. The number of hydrogen-bond acceptors (Lipinski definition) is 4. The second-order valence-electron chi connectivity index (χ2n) is 8.64. The lowest BCUT2D eigenvalue weighted by Gasteiger charge is -2.25. The van der Waals surface area contributed by atoms with E-state index in [4.69, 9.17) is 4.74 Å². The van der Waals surface area contributed by atoms with Gasteiger partial charge in [-0.2, -0.15) is 0 Å². The van der Waals surface area contributed by atoms with Crippen molar-refractivity contribution in [2.45, 2.75) is 26.3 Å². The van der Waals surface area contributed by atoms with Crippen LogP contribution >= 0.6 is 0 Å². The van der Waals surface area contributed by atoms with Gasteiger partial charge in [0, 0.05) is 44.5 Å². The first-order chi connectivity index (χ1) is 16.2. The Bertz CT molecular complexity index is 1050. The molecule has 0 saturated carbocycles. The second kappa shape index (κ2) is 11.1. The van der Waals surface area contributed by atoms with E-state index in [0.29, 0.717) is 6.42 Å². The molecular formula is C28H33N3O2. The molecule has 2 aromatic carbocycles. The van der Waals surface area contributed by atoms with Gasteiger partial charge in [-0.15, -0.1) is 0 Å². The number of nitrogens with zero attached hydrogens (tertiary/aromatic N) is 3. The van der Waals surface area contributed by atoms with Gasteiger partial charge in [0.2, 0.25) is 5.91 Å². The fourth-order valence-corrected chi connectivity index (χ4v) is 4.71. The molecule has 1 aliphatic rings. The van der Waals surface area contributed by atoms with Crippen molar-refractivity contribution in [2.75, 3.05) is 33.3 Å². The Morgan fingerprint density at radius 3 is 2.48 bits per heavy atom. The average Bonchev–Trinajstić information content (AvgIpc) is 2.99. The SMILES string of the molecule is CCCN1CCN(Cc2ccccn2)C[C@@H](Cc2ccccc2-c2ccccc2OC)C1=O. The molecule has 5 heteroatoms. The van der Waals surface area contributed by atoms with Crippen molar-refractivity contribution in [3.05, 3.63) is 84.2 Å². The van der Waals surface area contributed by atoms with Gasteiger partial charge in [-0.25, -0.2) is 0 Å². The zero-order chi connectivity index (χ0) is 23.0. The molecule has 0 bridgehead atoms. The summed E-state index contributed by atoms with van der Waals surface area (Å²) in [6, 6.07) is 22.5. The molecule has 1 fully saturated rings. The molecule has 4 rings (SSSR count). The highest BCUT2D eigenvalue weighted by Crippen LogP contribution is 2.33. The summed E-state index contributed by atoms with van der Waals surface area (Å²) >= 11 is 0. The number of carbonyl (C=O) groups excluding carboxylic acids is 1. The van der Waals surface area contributed by atoms with E-state index in [1.807, 2.05) is 36.5 Å². The Morgan fingerprint density at radius 2 is 1.73 bits per heavy atom. The van der Waals surface area contributed by atoms with E-state index in [1.54, 1.807) is 7.11 Å². The van der Waals surface area contributed by atoms with Crippen LogP contribution in [0.25, 0.3) is 11.1 Å². The summed E-state index contributed by atoms with van der Waals surface area (Å²) in [5.41, 5.74) is 4.41. The van der Waals surface area contributed by atoms with Crippen molar-refractivity contribution < 1.29 is 9.53 Å². The third-order valence-electron chi connectivity index (χ3n) is 6.31. The van der Waals surface area contributed by atoms with Crippen LogP contribution in [-0.4, -0.2) is 54.0 Å². The first-order valence-electron chi connectivity index (χ1n) is 11.8. The monoisotopic (exact) mass is 443 g/mol. The van der Waals surface area contributed by atoms with Crippen LogP contribution < -0.4 is 4.74 Å². The van der Waals surface area contributed by atoms with Gasteiger partial charge < -0.3 is 9.64 Å². The van der Waals surface area contributed by atoms with Crippen LogP contribution in [0.15, 0.2) is 72.9 Å². The van der Waals surface area contributed by atoms with Gasteiger partial charge in [-0.3, -0.25) is 14.7 Å². The van der Waals surface area contributed by atoms with E-state index >= 15 is 0 Å². The summed E-state index contributed by atoms with van der Waals surface area (Å²) in [7, 11) is 1.70. The van der Waals surface area contributed by atoms with Crippen LogP contribution in [0.3, 0.4) is 0 Å². The molecule has 1 amide bonds. The summed E-state index contributed by atoms with van der Waals surface area (Å²) in [6.45, 7) is 6.07. The minimum atomic E-state index is -0.0985. The summed E-state index contributed by atoms with van der Waals surface area (Å²) in [5.74, 6) is 1.01. The Morgan fingerprint density at radius 1 is 0.970 bits per heavy atom. The smallest absolute Gasteiger partial charge is 0.227 e. The van der Waals surface area contributed by atoms with E-state index in [9.17, 15) is 4.79 Å². The Balaban J connectivity index is 1.62. The van der Waals surface area contributed by atoms with Crippen LogP contribution in [0.5, 0.6) is 5.75 Å². The molecule has 1 aliphatic heterocycles. The van der Waals surface area contributed by atoms with Crippen LogP contribution in [-0.2, 0) is 17.8 Å². The van der Waals surface area contributed by atoms with E-state index < -0.39 is 0 Å². The fourth-order valence-electron chi connectivity index (χ4n) is 4.71. The molecule has 172 valence electrons. The van der Waals surface area contributed by atoms with Crippen molar-refractivity contribution in [1.29, 1.82) is 0 Å². The number of ether oxygens (including phenoxy) is 1. The first-order valence-corrected chi connectivity index (χ1v) is 11.8. The maximum atomic E-state index is 13.6. The predicted molar refractivity (Wildman–Crippen MR) is 132 cm³/mol. The molecule has 0 unspecified atom stereocenters. The molecule has 3 aromatic rings. The maximum absolute atomic E-state index is 13.6. The number of benzene rings is 2. The van der Waals surface area contributed by atoms with E-state index in [2.05, 4.69) is 58.1 Å². The quantitative estimate of drug-likeness (QED) is 0.508. The van der Waals surface area contributed by atoms with E-state index in [1.165, 1.54) is 5.56 Å². The van der Waals surface area contributed by atoms with Crippen LogP contribution in [0, 0.1) is 5.92 Å². The van der Waals surface area contributed by atoms with Crippen molar-refractivity contribution in [3.8, 4) is 16.9 Å². The van der Waals surface area contributed by atoms with E-state index in [-0.39, 0.29) is 11.8 Å². The predicted octanol–water partition coefficient (Wildman–Crippen LogP) is 4.67. The Hall–Kier alpha value is -3.18. The molecule has 33 heavy (non-hydrogen) atoms. The van der Waals surface area contributed by atoms with Gasteiger partial charge in [-0.05, 0) is 42.2 Å². The number of methoxy groups -OCH3 is 1. The highest BCUT2D eigenvalue weighted by molar-refractivity contribution is 5.81. The number of hydrogen-bond donors (Lipinski definition) is 0. The number of para-hydroxylation sites is 1. The Labute approximate surface area is 197 Å². The van der Waals surface area contributed by atoms with Crippen LogP contribution in [0.1, 0.15) is 24.6 Å². The number of rotatable bonds is 8.